The van der Waals surface area contributed by atoms with Crippen molar-refractivity contribution in [1.82, 2.24) is 14.3 Å². The molecule has 3 heterocycles. The van der Waals surface area contributed by atoms with Gasteiger partial charge in [-0.15, -0.1) is 11.3 Å². The van der Waals surface area contributed by atoms with Crippen LogP contribution in [0.4, 0.5) is 10.3 Å². The third kappa shape index (κ3) is 3.03. The van der Waals surface area contributed by atoms with Crippen LogP contribution in [0, 0.1) is 13.8 Å². The minimum Gasteiger partial charge on any atom is -0.345 e. The van der Waals surface area contributed by atoms with Crippen molar-refractivity contribution in [2.75, 3.05) is 36.0 Å². The number of aromatic nitrogens is 3. The zero-order valence-electron chi connectivity index (χ0n) is 13.0. The van der Waals surface area contributed by atoms with Gasteiger partial charge in [0.15, 0.2) is 5.13 Å². The van der Waals surface area contributed by atoms with E-state index < -0.39 is 0 Å². The molecular weight excluding hydrogens is 302 g/mol. The van der Waals surface area contributed by atoms with E-state index in [1.54, 1.807) is 11.3 Å². The molecule has 21 heavy (non-hydrogen) atoms. The Morgan fingerprint density at radius 2 is 1.57 bits per heavy atom. The van der Waals surface area contributed by atoms with Crippen LogP contribution in [0.25, 0.3) is 0 Å². The smallest absolute Gasteiger partial charge is 0.205 e. The normalized spacial score (nSPS) is 16.0. The fourth-order valence-electron chi connectivity index (χ4n) is 2.27. The predicted octanol–water partition coefficient (Wildman–Crippen LogP) is 3.06. The molecule has 0 unspecified atom stereocenters. The maximum Gasteiger partial charge on any atom is 0.205 e. The van der Waals surface area contributed by atoms with E-state index in [4.69, 9.17) is 0 Å². The number of piperazine rings is 1. The summed E-state index contributed by atoms with van der Waals surface area (Å²) in [5.41, 5.74) is 1.16. The summed E-state index contributed by atoms with van der Waals surface area (Å²) in [7, 11) is 0. The monoisotopic (exact) mass is 323 g/mol. The van der Waals surface area contributed by atoms with Gasteiger partial charge >= 0.3 is 0 Å². The minimum absolute atomic E-state index is 0.401. The van der Waals surface area contributed by atoms with Crippen molar-refractivity contribution in [3.05, 3.63) is 16.4 Å². The maximum absolute atomic E-state index is 4.66. The molecule has 1 saturated heterocycles. The first-order valence-corrected chi connectivity index (χ1v) is 8.91. The van der Waals surface area contributed by atoms with Gasteiger partial charge in [-0.1, -0.05) is 13.8 Å². The Morgan fingerprint density at radius 1 is 0.952 bits per heavy atom. The summed E-state index contributed by atoms with van der Waals surface area (Å²) in [6.07, 6.45) is 0. The van der Waals surface area contributed by atoms with Crippen molar-refractivity contribution in [2.24, 2.45) is 0 Å². The zero-order chi connectivity index (χ0) is 15.0. The van der Waals surface area contributed by atoms with Gasteiger partial charge in [0.2, 0.25) is 5.13 Å². The Morgan fingerprint density at radius 3 is 2.05 bits per heavy atom. The average molecular weight is 323 g/mol. The van der Waals surface area contributed by atoms with Gasteiger partial charge in [-0.25, -0.2) is 9.97 Å². The standard InChI is InChI=1S/C14H21N5S2/c1-9(2)12-16-14(21-17-12)19-7-5-18(6-8-19)13-15-10(3)11(4)20-13/h9H,5-8H2,1-4H3. The first-order chi connectivity index (χ1) is 10.0. The van der Waals surface area contributed by atoms with Crippen LogP contribution < -0.4 is 9.80 Å². The van der Waals surface area contributed by atoms with Crippen molar-refractivity contribution in [3.8, 4) is 0 Å². The summed E-state index contributed by atoms with van der Waals surface area (Å²) in [5, 5.41) is 2.22. The number of nitrogens with zero attached hydrogens (tertiary/aromatic N) is 5. The van der Waals surface area contributed by atoms with Gasteiger partial charge in [-0.05, 0) is 13.8 Å². The van der Waals surface area contributed by atoms with Crippen LogP contribution in [-0.4, -0.2) is 40.5 Å². The van der Waals surface area contributed by atoms with E-state index in [-0.39, 0.29) is 0 Å². The molecule has 0 radical (unpaired) electrons. The van der Waals surface area contributed by atoms with Gasteiger partial charge < -0.3 is 9.80 Å². The van der Waals surface area contributed by atoms with Crippen LogP contribution >= 0.6 is 22.9 Å². The fraction of sp³-hybridized carbons (Fsp3) is 0.643. The number of rotatable bonds is 3. The van der Waals surface area contributed by atoms with Crippen LogP contribution in [0.2, 0.25) is 0 Å². The molecule has 114 valence electrons. The number of aryl methyl sites for hydroxylation is 2. The molecule has 2 aromatic heterocycles. The first-order valence-electron chi connectivity index (χ1n) is 7.32. The zero-order valence-corrected chi connectivity index (χ0v) is 14.6. The first kappa shape index (κ1) is 14.7. The molecule has 0 saturated carbocycles. The lowest BCUT2D eigenvalue weighted by molar-refractivity contribution is 0.648. The third-order valence-corrected chi connectivity index (χ3v) is 5.71. The van der Waals surface area contributed by atoms with E-state index in [1.807, 2.05) is 0 Å². The number of thiazole rings is 1. The number of anilines is 2. The molecule has 0 aliphatic carbocycles. The van der Waals surface area contributed by atoms with E-state index >= 15 is 0 Å². The minimum atomic E-state index is 0.401. The summed E-state index contributed by atoms with van der Waals surface area (Å²) in [6.45, 7) is 12.5. The van der Waals surface area contributed by atoms with E-state index in [0.717, 1.165) is 48.0 Å². The second kappa shape index (κ2) is 5.88. The van der Waals surface area contributed by atoms with Crippen LogP contribution in [0.1, 0.15) is 36.2 Å². The second-order valence-corrected chi connectivity index (χ2v) is 7.61. The molecule has 3 rings (SSSR count). The number of hydrogen-bond donors (Lipinski definition) is 0. The van der Waals surface area contributed by atoms with Gasteiger partial charge in [0, 0.05) is 48.5 Å². The molecule has 0 N–H and O–H groups in total. The van der Waals surface area contributed by atoms with Gasteiger partial charge in [-0.2, -0.15) is 4.37 Å². The van der Waals surface area contributed by atoms with Crippen LogP contribution in [0.5, 0.6) is 0 Å². The summed E-state index contributed by atoms with van der Waals surface area (Å²) in [5.74, 6) is 1.36. The van der Waals surface area contributed by atoms with Gasteiger partial charge in [0.05, 0.1) is 5.69 Å². The molecule has 2 aromatic rings. The molecule has 1 fully saturated rings. The molecule has 1 aliphatic rings. The molecule has 0 bridgehead atoms. The molecule has 0 aromatic carbocycles. The summed E-state index contributed by atoms with van der Waals surface area (Å²) in [6, 6.07) is 0. The molecule has 0 atom stereocenters. The highest BCUT2D eigenvalue weighted by molar-refractivity contribution is 7.15. The van der Waals surface area contributed by atoms with Crippen molar-refractivity contribution in [2.45, 2.75) is 33.6 Å². The summed E-state index contributed by atoms with van der Waals surface area (Å²) < 4.78 is 4.45. The largest absolute Gasteiger partial charge is 0.345 e. The Bertz CT molecular complexity index is 591. The second-order valence-electron chi connectivity index (χ2n) is 5.70. The SMILES string of the molecule is Cc1nc(N2CCN(c3nc(C(C)C)ns3)CC2)sc1C. The Hall–Kier alpha value is -1.21. The lowest BCUT2D eigenvalue weighted by Gasteiger charge is -2.34. The van der Waals surface area contributed by atoms with Crippen molar-refractivity contribution in [3.63, 3.8) is 0 Å². The average Bonchev–Trinajstić information content (AvgIpc) is 3.07. The molecule has 1 aliphatic heterocycles. The number of hydrogen-bond acceptors (Lipinski definition) is 7. The van der Waals surface area contributed by atoms with E-state index in [9.17, 15) is 0 Å². The Balaban J connectivity index is 1.64. The van der Waals surface area contributed by atoms with Crippen molar-refractivity contribution in [1.29, 1.82) is 0 Å². The highest BCUT2D eigenvalue weighted by Crippen LogP contribution is 2.28. The van der Waals surface area contributed by atoms with E-state index in [1.165, 1.54) is 16.4 Å². The summed E-state index contributed by atoms with van der Waals surface area (Å²) >= 11 is 3.32. The highest BCUT2D eigenvalue weighted by atomic mass is 32.1. The lowest BCUT2D eigenvalue weighted by Crippen LogP contribution is -2.46. The molecule has 7 heteroatoms. The Labute approximate surface area is 133 Å². The topological polar surface area (TPSA) is 45.2 Å². The van der Waals surface area contributed by atoms with Crippen LogP contribution in [0.3, 0.4) is 0 Å². The quantitative estimate of drug-likeness (QED) is 0.868. The van der Waals surface area contributed by atoms with Crippen LogP contribution in [-0.2, 0) is 0 Å². The Kier molecular flexibility index (Phi) is 4.12. The van der Waals surface area contributed by atoms with Crippen molar-refractivity contribution < 1.29 is 0 Å². The predicted molar refractivity (Wildman–Crippen MR) is 90.0 cm³/mol. The maximum atomic E-state index is 4.66. The summed E-state index contributed by atoms with van der Waals surface area (Å²) in [4.78, 5) is 15.3. The van der Waals surface area contributed by atoms with Gasteiger partial charge in [0.25, 0.3) is 0 Å². The van der Waals surface area contributed by atoms with Gasteiger partial charge in [-0.3, -0.25) is 0 Å². The molecular formula is C14H21N5S2. The molecule has 0 spiro atoms. The fourth-order valence-corrected chi connectivity index (χ4v) is 4.09. The molecule has 5 nitrogen and oxygen atoms in total. The van der Waals surface area contributed by atoms with Crippen LogP contribution in [0.15, 0.2) is 0 Å². The highest BCUT2D eigenvalue weighted by Gasteiger charge is 2.22. The third-order valence-electron chi connectivity index (χ3n) is 3.79. The van der Waals surface area contributed by atoms with E-state index in [2.05, 4.69) is 51.8 Å². The lowest BCUT2D eigenvalue weighted by atomic mass is 10.2. The van der Waals surface area contributed by atoms with Crippen molar-refractivity contribution >= 4 is 33.1 Å². The molecule has 0 amide bonds. The van der Waals surface area contributed by atoms with Gasteiger partial charge in [0.1, 0.15) is 5.82 Å². The van der Waals surface area contributed by atoms with E-state index in [0.29, 0.717) is 5.92 Å².